The first-order chi connectivity index (χ1) is 19.9. The predicted octanol–water partition coefficient (Wildman–Crippen LogP) is 3.69. The zero-order chi connectivity index (χ0) is 32.6. The molecule has 1 aliphatic heterocycles. The van der Waals surface area contributed by atoms with Gasteiger partial charge in [-0.25, -0.2) is 14.4 Å². The highest BCUT2D eigenvalue weighted by Crippen LogP contribution is 2.46. The number of halogens is 1. The van der Waals surface area contributed by atoms with Crippen LogP contribution in [0, 0.1) is 11.3 Å². The van der Waals surface area contributed by atoms with Crippen molar-refractivity contribution in [1.82, 2.24) is 15.5 Å². The SMILES string of the molecule is CC(=O)/C=C/C(=O)OCOC(=O)OC(C)(C)CNC(=O)N[C@@H](C(=O)N1CC[C@](O)(c2ccc(Cl)cc2)C(C)(C)C1)C(C)C. The lowest BCUT2D eigenvalue weighted by Gasteiger charge is -2.51. The molecule has 43 heavy (non-hydrogen) atoms. The topological polar surface area (TPSA) is 161 Å². The quantitative estimate of drug-likeness (QED) is 0.190. The summed E-state index contributed by atoms with van der Waals surface area (Å²) in [5.41, 5.74) is -2.36. The first kappa shape index (κ1) is 35.6. The number of ketones is 1. The molecule has 1 fully saturated rings. The molecule has 3 N–H and O–H groups in total. The van der Waals surface area contributed by atoms with E-state index in [-0.39, 0.29) is 30.7 Å². The van der Waals surface area contributed by atoms with Crippen LogP contribution in [0.1, 0.15) is 60.5 Å². The molecule has 0 saturated carbocycles. The van der Waals surface area contributed by atoms with E-state index in [0.29, 0.717) is 18.0 Å². The number of benzene rings is 1. The third-order valence-corrected chi connectivity index (χ3v) is 7.42. The maximum Gasteiger partial charge on any atom is 0.511 e. The molecular formula is C30H42ClN3O9. The fourth-order valence-electron chi connectivity index (χ4n) is 4.63. The highest BCUT2D eigenvalue weighted by atomic mass is 35.5. The Labute approximate surface area is 257 Å². The highest BCUT2D eigenvalue weighted by Gasteiger charge is 2.50. The van der Waals surface area contributed by atoms with E-state index in [1.165, 1.54) is 20.8 Å². The minimum absolute atomic E-state index is 0.126. The van der Waals surface area contributed by atoms with Gasteiger partial charge in [-0.2, -0.15) is 0 Å². The molecule has 0 radical (unpaired) electrons. The monoisotopic (exact) mass is 623 g/mol. The predicted molar refractivity (Wildman–Crippen MR) is 158 cm³/mol. The molecular weight excluding hydrogens is 582 g/mol. The van der Waals surface area contributed by atoms with Crippen molar-refractivity contribution in [3.8, 4) is 0 Å². The number of rotatable bonds is 11. The Morgan fingerprint density at radius 1 is 1.09 bits per heavy atom. The number of allylic oxidation sites excluding steroid dienone is 1. The van der Waals surface area contributed by atoms with Crippen LogP contribution in [0.4, 0.5) is 9.59 Å². The average molecular weight is 624 g/mol. The number of aliphatic hydroxyl groups is 1. The number of hydrogen-bond donors (Lipinski definition) is 3. The van der Waals surface area contributed by atoms with Crippen LogP contribution in [-0.2, 0) is 34.2 Å². The lowest BCUT2D eigenvalue weighted by Crippen LogP contribution is -2.61. The minimum atomic E-state index is -1.21. The molecule has 0 bridgehead atoms. The van der Waals surface area contributed by atoms with Crippen molar-refractivity contribution in [2.24, 2.45) is 11.3 Å². The molecule has 2 atom stereocenters. The molecule has 2 rings (SSSR count). The van der Waals surface area contributed by atoms with E-state index in [2.05, 4.69) is 15.4 Å². The van der Waals surface area contributed by atoms with Crippen LogP contribution >= 0.6 is 11.6 Å². The summed E-state index contributed by atoms with van der Waals surface area (Å²) in [5.74, 6) is -1.74. The van der Waals surface area contributed by atoms with Gasteiger partial charge in [-0.1, -0.05) is 51.4 Å². The van der Waals surface area contributed by atoms with Gasteiger partial charge in [0.1, 0.15) is 11.6 Å². The summed E-state index contributed by atoms with van der Waals surface area (Å²) in [5, 5.41) is 17.5. The van der Waals surface area contributed by atoms with E-state index in [9.17, 15) is 29.1 Å². The maximum absolute atomic E-state index is 13.6. The number of esters is 1. The van der Waals surface area contributed by atoms with Gasteiger partial charge >= 0.3 is 18.2 Å². The minimum Gasteiger partial charge on any atom is -0.426 e. The van der Waals surface area contributed by atoms with Crippen molar-refractivity contribution in [2.45, 2.75) is 72.1 Å². The lowest BCUT2D eigenvalue weighted by molar-refractivity contribution is -0.155. The summed E-state index contributed by atoms with van der Waals surface area (Å²) in [7, 11) is 0. The number of ether oxygens (including phenoxy) is 3. The van der Waals surface area contributed by atoms with Crippen molar-refractivity contribution < 1.29 is 43.3 Å². The molecule has 0 spiro atoms. The second-order valence-corrected chi connectivity index (χ2v) is 12.5. The maximum atomic E-state index is 13.6. The molecule has 1 aromatic rings. The third kappa shape index (κ3) is 10.2. The first-order valence-corrected chi connectivity index (χ1v) is 14.3. The Hall–Kier alpha value is -3.64. The van der Waals surface area contributed by atoms with Gasteiger partial charge in [0.15, 0.2) is 5.78 Å². The third-order valence-electron chi connectivity index (χ3n) is 7.17. The van der Waals surface area contributed by atoms with Gasteiger partial charge < -0.3 is 34.9 Å². The number of nitrogens with one attached hydrogen (secondary N) is 2. The first-order valence-electron chi connectivity index (χ1n) is 13.9. The molecule has 1 aromatic carbocycles. The second-order valence-electron chi connectivity index (χ2n) is 12.1. The molecule has 1 aliphatic rings. The second kappa shape index (κ2) is 14.7. The van der Waals surface area contributed by atoms with Gasteiger partial charge in [-0.05, 0) is 56.9 Å². The van der Waals surface area contributed by atoms with Gasteiger partial charge in [-0.15, -0.1) is 0 Å². The molecule has 1 heterocycles. The number of carbonyl (C=O) groups is 5. The Kier molecular flexibility index (Phi) is 12.2. The van der Waals surface area contributed by atoms with E-state index in [4.69, 9.17) is 21.1 Å². The molecule has 12 nitrogen and oxygen atoms in total. The molecule has 0 aliphatic carbocycles. The van der Waals surface area contributed by atoms with Gasteiger partial charge in [0.05, 0.1) is 12.1 Å². The summed E-state index contributed by atoms with van der Waals surface area (Å²) < 4.78 is 14.5. The van der Waals surface area contributed by atoms with Gasteiger partial charge in [0.25, 0.3) is 0 Å². The number of carbonyl (C=O) groups excluding carboxylic acids is 5. The van der Waals surface area contributed by atoms with E-state index < -0.39 is 47.6 Å². The van der Waals surface area contributed by atoms with Crippen LogP contribution in [0.25, 0.3) is 0 Å². The Bertz CT molecular complexity index is 1210. The Morgan fingerprint density at radius 2 is 1.72 bits per heavy atom. The zero-order valence-corrected chi connectivity index (χ0v) is 26.4. The number of urea groups is 1. The number of amides is 3. The molecule has 13 heteroatoms. The standard InChI is InChI=1S/C30H42ClN3O9/c1-19(2)24(25(37)34-15-14-30(40,28(4,5)17-34)21-9-11-22(31)12-10-21)33-26(38)32-16-29(6,7)43-27(39)42-18-41-23(36)13-8-20(3)35/h8-13,19,24,40H,14-18H2,1-7H3,(H2,32,33,38)/b13-8+/t24-,30+/m1/s1. The molecule has 0 aromatic heterocycles. The van der Waals surface area contributed by atoms with Gasteiger partial charge in [-0.3, -0.25) is 9.59 Å². The summed E-state index contributed by atoms with van der Waals surface area (Å²) in [6.07, 6.45) is 1.07. The normalized spacial score (nSPS) is 19.0. The van der Waals surface area contributed by atoms with E-state index in [0.717, 1.165) is 17.7 Å². The van der Waals surface area contributed by atoms with Crippen molar-refractivity contribution >= 4 is 41.4 Å². The van der Waals surface area contributed by atoms with Crippen LogP contribution in [-0.4, -0.2) is 77.9 Å². The van der Waals surface area contributed by atoms with E-state index >= 15 is 0 Å². The smallest absolute Gasteiger partial charge is 0.426 e. The van der Waals surface area contributed by atoms with Crippen molar-refractivity contribution in [2.75, 3.05) is 26.4 Å². The summed E-state index contributed by atoms with van der Waals surface area (Å²) in [6, 6.07) is 5.55. The Balaban J connectivity index is 1.91. The number of likely N-dealkylation sites (tertiary alicyclic amines) is 1. The molecule has 0 unspecified atom stereocenters. The summed E-state index contributed by atoms with van der Waals surface area (Å²) in [6.45, 7) is 11.4. The molecule has 3 amide bonds. The lowest BCUT2D eigenvalue weighted by atomic mass is 9.66. The van der Waals surface area contributed by atoms with E-state index in [1.807, 2.05) is 27.7 Å². The number of piperidine rings is 1. The van der Waals surface area contributed by atoms with Crippen LogP contribution < -0.4 is 10.6 Å². The van der Waals surface area contributed by atoms with Crippen LogP contribution in [0.3, 0.4) is 0 Å². The van der Waals surface area contributed by atoms with Crippen LogP contribution in [0.2, 0.25) is 5.02 Å². The fourth-order valence-corrected chi connectivity index (χ4v) is 4.75. The summed E-state index contributed by atoms with van der Waals surface area (Å²) >= 11 is 6.02. The van der Waals surface area contributed by atoms with Crippen molar-refractivity contribution in [3.05, 3.63) is 47.0 Å². The molecule has 238 valence electrons. The van der Waals surface area contributed by atoms with Crippen molar-refractivity contribution in [3.63, 3.8) is 0 Å². The van der Waals surface area contributed by atoms with Crippen LogP contribution in [0.5, 0.6) is 0 Å². The van der Waals surface area contributed by atoms with E-state index in [1.54, 1.807) is 29.2 Å². The molecule has 1 saturated heterocycles. The fraction of sp³-hybridized carbons (Fsp3) is 0.567. The summed E-state index contributed by atoms with van der Waals surface area (Å²) in [4.78, 5) is 62.2. The zero-order valence-electron chi connectivity index (χ0n) is 25.7. The van der Waals surface area contributed by atoms with Crippen LogP contribution in [0.15, 0.2) is 36.4 Å². The van der Waals surface area contributed by atoms with Gasteiger partial charge in [0, 0.05) is 29.6 Å². The Morgan fingerprint density at radius 3 is 2.28 bits per heavy atom. The highest BCUT2D eigenvalue weighted by molar-refractivity contribution is 6.30. The number of hydrogen-bond acceptors (Lipinski definition) is 9. The van der Waals surface area contributed by atoms with Crippen molar-refractivity contribution in [1.29, 1.82) is 0 Å². The average Bonchev–Trinajstić information content (AvgIpc) is 2.90. The number of nitrogens with zero attached hydrogens (tertiary/aromatic N) is 1. The van der Waals surface area contributed by atoms with Gasteiger partial charge in [0.2, 0.25) is 12.7 Å². The largest absolute Gasteiger partial charge is 0.511 e.